The average molecular weight is 344 g/mol. The predicted octanol–water partition coefficient (Wildman–Crippen LogP) is 2.62. The summed E-state index contributed by atoms with van der Waals surface area (Å²) in [7, 11) is 1.55. The zero-order chi connectivity index (χ0) is 17.8. The Balaban J connectivity index is 1.73. The molecule has 0 aliphatic carbocycles. The van der Waals surface area contributed by atoms with Crippen molar-refractivity contribution in [1.29, 1.82) is 0 Å². The van der Waals surface area contributed by atoms with E-state index in [1.807, 2.05) is 25.1 Å². The maximum Gasteiger partial charge on any atom is 0.122 e. The second-order valence-electron chi connectivity index (χ2n) is 6.92. The van der Waals surface area contributed by atoms with Crippen LogP contribution in [0.1, 0.15) is 30.9 Å². The van der Waals surface area contributed by atoms with Gasteiger partial charge in [-0.1, -0.05) is 11.2 Å². The summed E-state index contributed by atoms with van der Waals surface area (Å²) in [6.07, 6.45) is 4.53. The average Bonchev–Trinajstić information content (AvgIpc) is 2.63. The van der Waals surface area contributed by atoms with E-state index in [2.05, 4.69) is 22.7 Å². The molecule has 2 unspecified atom stereocenters. The van der Waals surface area contributed by atoms with Crippen LogP contribution in [-0.2, 0) is 11.3 Å². The van der Waals surface area contributed by atoms with Crippen LogP contribution in [0.5, 0.6) is 5.75 Å². The van der Waals surface area contributed by atoms with Gasteiger partial charge in [-0.3, -0.25) is 4.90 Å². The number of aliphatic hydroxyl groups excluding tert-OH is 1. The SMILES string of the molecule is C=CCc1cc(C(C)=NOC)ccc1OCC1C(O)C2CCN1CC2. The zero-order valence-electron chi connectivity index (χ0n) is 15.1. The fraction of sp³-hybridized carbons (Fsp3) is 0.550. The number of aliphatic hydroxyl groups is 1. The number of hydrogen-bond donors (Lipinski definition) is 1. The highest BCUT2D eigenvalue weighted by molar-refractivity contribution is 5.98. The number of benzene rings is 1. The summed E-state index contributed by atoms with van der Waals surface area (Å²) in [5.41, 5.74) is 2.90. The van der Waals surface area contributed by atoms with Crippen LogP contribution in [0.2, 0.25) is 0 Å². The van der Waals surface area contributed by atoms with Gasteiger partial charge in [0.2, 0.25) is 0 Å². The molecule has 136 valence electrons. The first-order valence-electron chi connectivity index (χ1n) is 9.01. The van der Waals surface area contributed by atoms with E-state index in [0.29, 0.717) is 12.5 Å². The Bertz CT molecular complexity index is 634. The number of rotatable bonds is 7. The van der Waals surface area contributed by atoms with Crippen molar-refractivity contribution < 1.29 is 14.7 Å². The monoisotopic (exact) mass is 344 g/mol. The number of piperidine rings is 3. The molecule has 3 aliphatic rings. The van der Waals surface area contributed by atoms with E-state index in [1.54, 1.807) is 7.11 Å². The third-order valence-corrected chi connectivity index (χ3v) is 5.40. The Morgan fingerprint density at radius 2 is 2.16 bits per heavy atom. The second kappa shape index (κ2) is 8.02. The normalized spacial score (nSPS) is 28.7. The number of fused-ring (bicyclic) bond motifs is 3. The number of ether oxygens (including phenoxy) is 1. The minimum absolute atomic E-state index is 0.0977. The van der Waals surface area contributed by atoms with Gasteiger partial charge < -0.3 is 14.7 Å². The van der Waals surface area contributed by atoms with Crippen LogP contribution >= 0.6 is 0 Å². The summed E-state index contributed by atoms with van der Waals surface area (Å²) in [5, 5.41) is 14.5. The molecule has 0 spiro atoms. The van der Waals surface area contributed by atoms with Gasteiger partial charge >= 0.3 is 0 Å². The van der Waals surface area contributed by atoms with Crippen LogP contribution in [0, 0.1) is 5.92 Å². The van der Waals surface area contributed by atoms with Gasteiger partial charge in [-0.15, -0.1) is 6.58 Å². The minimum Gasteiger partial charge on any atom is -0.492 e. The van der Waals surface area contributed by atoms with Gasteiger partial charge in [0, 0.05) is 0 Å². The molecule has 3 aliphatic heterocycles. The molecule has 0 amide bonds. The van der Waals surface area contributed by atoms with E-state index in [0.717, 1.165) is 54.9 Å². The lowest BCUT2D eigenvalue weighted by molar-refractivity contribution is -0.0850. The van der Waals surface area contributed by atoms with E-state index in [4.69, 9.17) is 9.57 Å². The van der Waals surface area contributed by atoms with Crippen LogP contribution < -0.4 is 4.74 Å². The van der Waals surface area contributed by atoms with Gasteiger partial charge in [0.05, 0.1) is 17.9 Å². The summed E-state index contributed by atoms with van der Waals surface area (Å²) in [6, 6.07) is 6.13. The van der Waals surface area contributed by atoms with Crippen LogP contribution in [0.3, 0.4) is 0 Å². The summed E-state index contributed by atoms with van der Waals surface area (Å²) in [4.78, 5) is 7.22. The molecule has 1 aromatic carbocycles. The molecule has 5 nitrogen and oxygen atoms in total. The standard InChI is InChI=1S/C20H28N2O3/c1-4-5-17-12-16(14(2)21-24-3)6-7-19(17)25-13-18-20(23)15-8-10-22(18)11-9-15/h4,6-7,12,15,18,20,23H,1,5,8-11,13H2,2-3H3. The minimum atomic E-state index is -0.277. The van der Waals surface area contributed by atoms with Gasteiger partial charge in [0.15, 0.2) is 0 Å². The Morgan fingerprint density at radius 1 is 1.40 bits per heavy atom. The Morgan fingerprint density at radius 3 is 2.80 bits per heavy atom. The zero-order valence-corrected chi connectivity index (χ0v) is 15.1. The van der Waals surface area contributed by atoms with Crippen LogP contribution in [-0.4, -0.2) is 54.7 Å². The summed E-state index contributed by atoms with van der Waals surface area (Å²) in [5.74, 6) is 1.28. The topological polar surface area (TPSA) is 54.3 Å². The predicted molar refractivity (Wildman–Crippen MR) is 99.1 cm³/mol. The third-order valence-electron chi connectivity index (χ3n) is 5.40. The van der Waals surface area contributed by atoms with Gasteiger partial charge in [0.25, 0.3) is 0 Å². The van der Waals surface area contributed by atoms with Gasteiger partial charge in [-0.2, -0.15) is 0 Å². The van der Waals surface area contributed by atoms with Crippen LogP contribution in [0.4, 0.5) is 0 Å². The molecule has 0 aromatic heterocycles. The largest absolute Gasteiger partial charge is 0.492 e. The molecule has 2 atom stereocenters. The van der Waals surface area contributed by atoms with E-state index in [-0.39, 0.29) is 12.1 Å². The molecule has 0 radical (unpaired) electrons. The van der Waals surface area contributed by atoms with Crippen molar-refractivity contribution in [1.82, 2.24) is 4.90 Å². The fourth-order valence-corrected chi connectivity index (χ4v) is 3.95. The summed E-state index contributed by atoms with van der Waals surface area (Å²) >= 11 is 0. The van der Waals surface area contributed by atoms with Crippen LogP contribution in [0.15, 0.2) is 36.0 Å². The number of oxime groups is 1. The Kier molecular flexibility index (Phi) is 5.76. The van der Waals surface area contributed by atoms with E-state index < -0.39 is 0 Å². The molecule has 3 heterocycles. The highest BCUT2D eigenvalue weighted by Gasteiger charge is 2.41. The van der Waals surface area contributed by atoms with Gasteiger partial charge in [-0.25, -0.2) is 0 Å². The fourth-order valence-electron chi connectivity index (χ4n) is 3.95. The molecule has 0 saturated carbocycles. The smallest absolute Gasteiger partial charge is 0.122 e. The molecule has 2 bridgehead atoms. The molecule has 3 saturated heterocycles. The third kappa shape index (κ3) is 3.88. The molecule has 1 aromatic rings. The van der Waals surface area contributed by atoms with Crippen molar-refractivity contribution in [3.05, 3.63) is 42.0 Å². The first-order chi connectivity index (χ1) is 12.1. The van der Waals surface area contributed by atoms with Crippen molar-refractivity contribution >= 4 is 5.71 Å². The number of nitrogens with zero attached hydrogens (tertiary/aromatic N) is 2. The molecule has 5 heteroatoms. The number of allylic oxidation sites excluding steroid dienone is 1. The van der Waals surface area contributed by atoms with Crippen molar-refractivity contribution in [3.63, 3.8) is 0 Å². The van der Waals surface area contributed by atoms with Crippen LogP contribution in [0.25, 0.3) is 0 Å². The maximum atomic E-state index is 10.5. The quantitative estimate of drug-likeness (QED) is 0.469. The highest BCUT2D eigenvalue weighted by Crippen LogP contribution is 2.33. The van der Waals surface area contributed by atoms with Crippen molar-refractivity contribution in [3.8, 4) is 5.75 Å². The first-order valence-corrected chi connectivity index (χ1v) is 9.01. The lowest BCUT2D eigenvalue weighted by atomic mass is 9.81. The molecular weight excluding hydrogens is 316 g/mol. The van der Waals surface area contributed by atoms with Crippen molar-refractivity contribution in [2.24, 2.45) is 11.1 Å². The van der Waals surface area contributed by atoms with E-state index in [1.165, 1.54) is 0 Å². The Labute approximate surface area is 149 Å². The van der Waals surface area contributed by atoms with Crippen molar-refractivity contribution in [2.75, 3.05) is 26.8 Å². The van der Waals surface area contributed by atoms with Gasteiger partial charge in [0.1, 0.15) is 19.5 Å². The molecule has 25 heavy (non-hydrogen) atoms. The number of hydrogen-bond acceptors (Lipinski definition) is 5. The lowest BCUT2D eigenvalue weighted by Gasteiger charge is -2.48. The molecule has 4 rings (SSSR count). The summed E-state index contributed by atoms with van der Waals surface area (Å²) < 4.78 is 6.13. The van der Waals surface area contributed by atoms with Crippen molar-refractivity contribution in [2.45, 2.75) is 38.3 Å². The lowest BCUT2D eigenvalue weighted by Crippen LogP contribution is -2.59. The summed E-state index contributed by atoms with van der Waals surface area (Å²) in [6.45, 7) is 8.42. The second-order valence-corrected chi connectivity index (χ2v) is 6.92. The first kappa shape index (κ1) is 18.0. The van der Waals surface area contributed by atoms with Gasteiger partial charge in [-0.05, 0) is 74.5 Å². The van der Waals surface area contributed by atoms with E-state index >= 15 is 0 Å². The Hall–Kier alpha value is -1.85. The molecule has 1 N–H and O–H groups in total. The van der Waals surface area contributed by atoms with E-state index in [9.17, 15) is 5.11 Å². The maximum absolute atomic E-state index is 10.5. The molecule has 3 fully saturated rings. The highest BCUT2D eigenvalue weighted by atomic mass is 16.6. The molecular formula is C20H28N2O3.